The Balaban J connectivity index is 1.75. The molecule has 33 heavy (non-hydrogen) atoms. The number of nitrogens with zero attached hydrogens (tertiary/aromatic N) is 2. The number of carbonyl (C=O) groups is 2. The fraction of sp³-hybridized carbons (Fsp3) is 0.231. The highest BCUT2D eigenvalue weighted by Gasteiger charge is 2.44. The van der Waals surface area contributed by atoms with Gasteiger partial charge in [0.2, 0.25) is 5.78 Å². The molecule has 1 atom stereocenters. The third-order valence-electron chi connectivity index (χ3n) is 5.58. The molecule has 2 heterocycles. The van der Waals surface area contributed by atoms with Gasteiger partial charge in [-0.05, 0) is 53.8 Å². The number of thiophene rings is 1. The van der Waals surface area contributed by atoms with Crippen LogP contribution >= 0.6 is 11.3 Å². The van der Waals surface area contributed by atoms with Gasteiger partial charge in [0.25, 0.3) is 5.91 Å². The normalized spacial score (nSPS) is 15.8. The van der Waals surface area contributed by atoms with Gasteiger partial charge in [-0.3, -0.25) is 9.59 Å². The maximum Gasteiger partial charge on any atom is 0.290 e. The van der Waals surface area contributed by atoms with E-state index in [0.717, 1.165) is 16.8 Å². The van der Waals surface area contributed by atoms with Crippen molar-refractivity contribution in [3.05, 3.63) is 93.4 Å². The topological polar surface area (TPSA) is 70.1 Å². The van der Waals surface area contributed by atoms with Crippen LogP contribution in [0.1, 0.15) is 33.8 Å². The summed E-state index contributed by atoms with van der Waals surface area (Å²) in [6.07, 6.45) is 0. The Morgan fingerprint density at radius 1 is 1.12 bits per heavy atom. The Bertz CT molecular complexity index is 1180. The summed E-state index contributed by atoms with van der Waals surface area (Å²) in [7, 11) is 3.90. The highest BCUT2D eigenvalue weighted by molar-refractivity contribution is 7.12. The molecule has 0 fully saturated rings. The summed E-state index contributed by atoms with van der Waals surface area (Å²) in [4.78, 5) is 30.5. The lowest BCUT2D eigenvalue weighted by Crippen LogP contribution is -2.30. The molecule has 0 aliphatic carbocycles. The van der Waals surface area contributed by atoms with Crippen LogP contribution in [0.3, 0.4) is 0 Å². The zero-order valence-electron chi connectivity index (χ0n) is 18.8. The molecule has 1 N–H and O–H groups in total. The van der Waals surface area contributed by atoms with Crippen LogP contribution in [-0.2, 0) is 11.3 Å². The third-order valence-corrected chi connectivity index (χ3v) is 6.45. The van der Waals surface area contributed by atoms with Crippen LogP contribution < -0.4 is 9.64 Å². The van der Waals surface area contributed by atoms with E-state index in [2.05, 4.69) is 0 Å². The molecule has 0 spiro atoms. The number of anilines is 1. The largest absolute Gasteiger partial charge is 0.503 e. The van der Waals surface area contributed by atoms with E-state index in [4.69, 9.17) is 4.74 Å². The molecule has 1 unspecified atom stereocenters. The summed E-state index contributed by atoms with van der Waals surface area (Å²) < 4.78 is 5.59. The lowest BCUT2D eigenvalue weighted by atomic mass is 9.95. The number of ether oxygens (including phenoxy) is 1. The minimum Gasteiger partial charge on any atom is -0.503 e. The van der Waals surface area contributed by atoms with Crippen molar-refractivity contribution in [3.8, 4) is 5.75 Å². The second-order valence-corrected chi connectivity index (χ2v) is 8.92. The van der Waals surface area contributed by atoms with E-state index in [1.165, 1.54) is 11.3 Å². The van der Waals surface area contributed by atoms with Crippen LogP contribution in [0.4, 0.5) is 5.69 Å². The summed E-state index contributed by atoms with van der Waals surface area (Å²) in [5, 5.41) is 12.6. The monoisotopic (exact) mass is 462 g/mol. The van der Waals surface area contributed by atoms with Crippen molar-refractivity contribution < 1.29 is 19.4 Å². The number of amides is 1. The molecular weight excluding hydrogens is 436 g/mol. The summed E-state index contributed by atoms with van der Waals surface area (Å²) in [5.41, 5.74) is 2.72. The van der Waals surface area contributed by atoms with Crippen molar-refractivity contribution >= 4 is 28.7 Å². The van der Waals surface area contributed by atoms with Gasteiger partial charge in [-0.2, -0.15) is 0 Å². The molecule has 0 bridgehead atoms. The minimum absolute atomic E-state index is 0.112. The van der Waals surface area contributed by atoms with Gasteiger partial charge in [-0.25, -0.2) is 0 Å². The van der Waals surface area contributed by atoms with E-state index < -0.39 is 17.7 Å². The zero-order valence-corrected chi connectivity index (χ0v) is 19.6. The Kier molecular flexibility index (Phi) is 6.51. The first-order valence-electron chi connectivity index (χ1n) is 10.7. The molecule has 1 aromatic heterocycles. The SMILES string of the molecule is CCOc1cccc(CN2C(=O)C(O)=C(C(=O)c3cccs3)C2c2ccc(N(C)C)cc2)c1. The van der Waals surface area contributed by atoms with Gasteiger partial charge in [0.05, 0.1) is 23.1 Å². The molecule has 0 saturated carbocycles. The number of hydrogen-bond acceptors (Lipinski definition) is 6. The van der Waals surface area contributed by atoms with E-state index in [9.17, 15) is 14.7 Å². The highest BCUT2D eigenvalue weighted by Crippen LogP contribution is 2.41. The molecule has 2 aromatic carbocycles. The third kappa shape index (κ3) is 4.50. The number of aliphatic hydroxyl groups is 1. The number of benzene rings is 2. The Labute approximate surface area is 197 Å². The smallest absolute Gasteiger partial charge is 0.290 e. The average molecular weight is 463 g/mol. The van der Waals surface area contributed by atoms with E-state index in [1.54, 1.807) is 22.4 Å². The Morgan fingerprint density at radius 2 is 1.88 bits per heavy atom. The van der Waals surface area contributed by atoms with Crippen molar-refractivity contribution in [1.82, 2.24) is 4.90 Å². The van der Waals surface area contributed by atoms with Crippen LogP contribution in [0.5, 0.6) is 5.75 Å². The van der Waals surface area contributed by atoms with E-state index >= 15 is 0 Å². The first kappa shape index (κ1) is 22.6. The first-order chi connectivity index (χ1) is 15.9. The Morgan fingerprint density at radius 3 is 2.52 bits per heavy atom. The van der Waals surface area contributed by atoms with Gasteiger partial charge in [-0.1, -0.05) is 30.3 Å². The number of Topliss-reactive ketones (excluding diaryl/α,β-unsaturated/α-hetero) is 1. The molecule has 6 nitrogen and oxygen atoms in total. The summed E-state index contributed by atoms with van der Waals surface area (Å²) in [6.45, 7) is 2.67. The van der Waals surface area contributed by atoms with Crippen molar-refractivity contribution in [3.63, 3.8) is 0 Å². The van der Waals surface area contributed by atoms with Crippen LogP contribution in [0.15, 0.2) is 77.4 Å². The van der Waals surface area contributed by atoms with Crippen LogP contribution in [0.2, 0.25) is 0 Å². The Hall–Kier alpha value is -3.58. The predicted molar refractivity (Wildman–Crippen MR) is 130 cm³/mol. The van der Waals surface area contributed by atoms with E-state index in [-0.39, 0.29) is 17.9 Å². The van der Waals surface area contributed by atoms with Crippen LogP contribution in [0, 0.1) is 0 Å². The van der Waals surface area contributed by atoms with Crippen molar-refractivity contribution in [2.24, 2.45) is 0 Å². The van der Waals surface area contributed by atoms with Crippen molar-refractivity contribution in [2.75, 3.05) is 25.6 Å². The predicted octanol–water partition coefficient (Wildman–Crippen LogP) is 4.99. The van der Waals surface area contributed by atoms with Gasteiger partial charge in [0, 0.05) is 26.3 Å². The molecule has 0 saturated heterocycles. The lowest BCUT2D eigenvalue weighted by Gasteiger charge is -2.27. The van der Waals surface area contributed by atoms with E-state index in [0.29, 0.717) is 17.2 Å². The van der Waals surface area contributed by atoms with E-state index in [1.807, 2.05) is 74.4 Å². The van der Waals surface area contributed by atoms with Crippen LogP contribution in [0.25, 0.3) is 0 Å². The fourth-order valence-electron chi connectivity index (χ4n) is 3.99. The molecule has 3 aromatic rings. The summed E-state index contributed by atoms with van der Waals surface area (Å²) in [6, 6.07) is 18.0. The standard InChI is InChI=1S/C26H26N2O4S/c1-4-32-20-8-5-7-17(15-20)16-28-23(18-10-12-19(13-11-18)27(2)3)22(25(30)26(28)31)24(29)21-9-6-14-33-21/h5-15,23,30H,4,16H2,1-3H3. The van der Waals surface area contributed by atoms with Gasteiger partial charge < -0.3 is 19.6 Å². The highest BCUT2D eigenvalue weighted by atomic mass is 32.1. The van der Waals surface area contributed by atoms with Crippen LogP contribution in [-0.4, -0.2) is 42.4 Å². The molecule has 1 amide bonds. The van der Waals surface area contributed by atoms with Gasteiger partial charge >= 0.3 is 0 Å². The number of hydrogen-bond donors (Lipinski definition) is 1. The molecule has 7 heteroatoms. The molecule has 170 valence electrons. The molecule has 4 rings (SSSR count). The summed E-state index contributed by atoms with van der Waals surface area (Å²) in [5.74, 6) is -0.668. The number of rotatable bonds is 8. The molecule has 0 radical (unpaired) electrons. The zero-order chi connectivity index (χ0) is 23.5. The molecular formula is C26H26N2O4S. The number of carbonyl (C=O) groups excluding carboxylic acids is 2. The molecule has 1 aliphatic heterocycles. The fourth-order valence-corrected chi connectivity index (χ4v) is 4.67. The number of ketones is 1. The summed E-state index contributed by atoms with van der Waals surface area (Å²) >= 11 is 1.29. The minimum atomic E-state index is -0.695. The van der Waals surface area contributed by atoms with Crippen molar-refractivity contribution in [2.45, 2.75) is 19.5 Å². The first-order valence-corrected chi connectivity index (χ1v) is 11.6. The maximum atomic E-state index is 13.3. The lowest BCUT2D eigenvalue weighted by molar-refractivity contribution is -0.130. The average Bonchev–Trinajstić information content (AvgIpc) is 3.43. The van der Waals surface area contributed by atoms with Gasteiger partial charge in [0.15, 0.2) is 5.76 Å². The second kappa shape index (κ2) is 9.50. The second-order valence-electron chi connectivity index (χ2n) is 7.97. The molecule has 1 aliphatic rings. The van der Waals surface area contributed by atoms with Gasteiger partial charge in [-0.15, -0.1) is 11.3 Å². The number of aliphatic hydroxyl groups excluding tert-OH is 1. The van der Waals surface area contributed by atoms with Crippen molar-refractivity contribution in [1.29, 1.82) is 0 Å². The quantitative estimate of drug-likeness (QED) is 0.478. The maximum absolute atomic E-state index is 13.3. The van der Waals surface area contributed by atoms with Gasteiger partial charge in [0.1, 0.15) is 5.75 Å².